The number of aliphatic imine (C=N–C) groups is 1. The standard InChI is InChI=1S/C9H6NO/c1-2-4-8(5-3-1)11-9-6-7-10-9/h1-4,6-7H. The molecule has 1 aromatic carbocycles. The molecule has 0 N–H and O–H groups in total. The van der Waals surface area contributed by atoms with Gasteiger partial charge in [0, 0.05) is 18.4 Å². The van der Waals surface area contributed by atoms with E-state index in [1.807, 2.05) is 18.2 Å². The fraction of sp³-hybridized carbons (Fsp3) is 0. The predicted molar refractivity (Wildman–Crippen MR) is 42.5 cm³/mol. The van der Waals surface area contributed by atoms with Crippen molar-refractivity contribution in [2.45, 2.75) is 0 Å². The van der Waals surface area contributed by atoms with Crippen LogP contribution in [0.15, 0.2) is 41.2 Å². The summed E-state index contributed by atoms with van der Waals surface area (Å²) in [4.78, 5) is 3.86. The van der Waals surface area contributed by atoms with E-state index >= 15 is 0 Å². The molecule has 0 fully saturated rings. The largest absolute Gasteiger partial charge is 0.438 e. The highest BCUT2D eigenvalue weighted by molar-refractivity contribution is 5.78. The molecule has 0 saturated carbocycles. The van der Waals surface area contributed by atoms with Gasteiger partial charge in [-0.25, -0.2) is 4.99 Å². The molecular formula is C9H6NO. The molecule has 0 atom stereocenters. The maximum Gasteiger partial charge on any atom is 0.220 e. The van der Waals surface area contributed by atoms with E-state index in [1.165, 1.54) is 0 Å². The summed E-state index contributed by atoms with van der Waals surface area (Å²) < 4.78 is 5.26. The summed E-state index contributed by atoms with van der Waals surface area (Å²) in [6, 6.07) is 10.4. The molecule has 2 nitrogen and oxygen atoms in total. The molecule has 11 heavy (non-hydrogen) atoms. The molecule has 2 rings (SSSR count). The van der Waals surface area contributed by atoms with Crippen molar-refractivity contribution in [2.24, 2.45) is 4.99 Å². The second-order valence-electron chi connectivity index (χ2n) is 2.11. The highest BCUT2D eigenvalue weighted by Crippen LogP contribution is 2.14. The van der Waals surface area contributed by atoms with Crippen LogP contribution in [0.4, 0.5) is 0 Å². The van der Waals surface area contributed by atoms with Gasteiger partial charge in [-0.1, -0.05) is 18.2 Å². The van der Waals surface area contributed by atoms with Gasteiger partial charge in [0.1, 0.15) is 5.75 Å². The van der Waals surface area contributed by atoms with E-state index in [4.69, 9.17) is 4.74 Å². The van der Waals surface area contributed by atoms with Gasteiger partial charge in [-0.05, 0) is 6.07 Å². The van der Waals surface area contributed by atoms with E-state index in [2.05, 4.69) is 11.1 Å². The summed E-state index contributed by atoms with van der Waals surface area (Å²) in [5.74, 6) is 1.35. The van der Waals surface area contributed by atoms with Crippen molar-refractivity contribution >= 4 is 6.21 Å². The highest BCUT2D eigenvalue weighted by atomic mass is 16.5. The summed E-state index contributed by atoms with van der Waals surface area (Å²) in [5, 5.41) is 0. The van der Waals surface area contributed by atoms with Crippen LogP contribution in [-0.4, -0.2) is 6.21 Å². The number of hydrogen-bond donors (Lipinski definition) is 0. The molecule has 53 valence electrons. The van der Waals surface area contributed by atoms with Crippen LogP contribution in [0.1, 0.15) is 0 Å². The van der Waals surface area contributed by atoms with E-state index < -0.39 is 0 Å². The lowest BCUT2D eigenvalue weighted by Gasteiger charge is -2.07. The van der Waals surface area contributed by atoms with Gasteiger partial charge in [-0.2, -0.15) is 0 Å². The number of ether oxygens (including phenoxy) is 1. The van der Waals surface area contributed by atoms with Crippen molar-refractivity contribution in [1.29, 1.82) is 0 Å². The zero-order chi connectivity index (χ0) is 7.52. The molecule has 1 aliphatic rings. The quantitative estimate of drug-likeness (QED) is 0.620. The number of allylic oxidation sites excluding steroid dienone is 1. The lowest BCUT2D eigenvalue weighted by Crippen LogP contribution is -1.98. The van der Waals surface area contributed by atoms with Crippen molar-refractivity contribution in [3.8, 4) is 5.75 Å². The summed E-state index contributed by atoms with van der Waals surface area (Å²) >= 11 is 0. The highest BCUT2D eigenvalue weighted by Gasteiger charge is 2.00. The first-order chi connectivity index (χ1) is 5.45. The third-order valence-corrected chi connectivity index (χ3v) is 1.31. The van der Waals surface area contributed by atoms with Crippen LogP contribution < -0.4 is 4.74 Å². The lowest BCUT2D eigenvalue weighted by molar-refractivity contribution is 0.417. The fourth-order valence-corrected chi connectivity index (χ4v) is 0.749. The first kappa shape index (κ1) is 6.16. The Kier molecular flexibility index (Phi) is 1.44. The summed E-state index contributed by atoms with van der Waals surface area (Å²) in [7, 11) is 0. The first-order valence-corrected chi connectivity index (χ1v) is 3.34. The summed E-state index contributed by atoms with van der Waals surface area (Å²) in [6.07, 6.45) is 3.50. The van der Waals surface area contributed by atoms with Crippen LogP contribution >= 0.6 is 0 Å². The molecule has 1 radical (unpaired) electrons. The van der Waals surface area contributed by atoms with Crippen LogP contribution in [-0.2, 0) is 0 Å². The topological polar surface area (TPSA) is 21.6 Å². The molecular weight excluding hydrogens is 138 g/mol. The van der Waals surface area contributed by atoms with Crippen molar-refractivity contribution in [2.75, 3.05) is 0 Å². The average Bonchev–Trinajstić information content (AvgIpc) is 1.99. The molecule has 1 aromatic rings. The Morgan fingerprint density at radius 3 is 2.82 bits per heavy atom. The van der Waals surface area contributed by atoms with Crippen molar-refractivity contribution in [1.82, 2.24) is 0 Å². The number of para-hydroxylation sites is 1. The van der Waals surface area contributed by atoms with Crippen LogP contribution in [0.2, 0.25) is 0 Å². The van der Waals surface area contributed by atoms with E-state index in [0.717, 1.165) is 0 Å². The molecule has 0 aliphatic carbocycles. The first-order valence-electron chi connectivity index (χ1n) is 3.34. The van der Waals surface area contributed by atoms with Gasteiger partial charge >= 0.3 is 0 Å². The smallest absolute Gasteiger partial charge is 0.220 e. The van der Waals surface area contributed by atoms with Gasteiger partial charge in [-0.3, -0.25) is 0 Å². The number of benzene rings is 1. The van der Waals surface area contributed by atoms with Gasteiger partial charge < -0.3 is 4.74 Å². The Bertz CT molecular complexity index is 301. The van der Waals surface area contributed by atoms with E-state index in [-0.39, 0.29) is 0 Å². The minimum Gasteiger partial charge on any atom is -0.438 e. The Morgan fingerprint density at radius 2 is 2.27 bits per heavy atom. The van der Waals surface area contributed by atoms with E-state index in [1.54, 1.807) is 18.4 Å². The molecule has 0 unspecified atom stereocenters. The monoisotopic (exact) mass is 144 g/mol. The van der Waals surface area contributed by atoms with Gasteiger partial charge in [0.15, 0.2) is 0 Å². The van der Waals surface area contributed by atoms with Crippen LogP contribution in [0.3, 0.4) is 0 Å². The van der Waals surface area contributed by atoms with Crippen molar-refractivity contribution in [3.63, 3.8) is 0 Å². The van der Waals surface area contributed by atoms with Crippen LogP contribution in [0.25, 0.3) is 0 Å². The minimum absolute atomic E-state index is 0.646. The number of rotatable bonds is 2. The van der Waals surface area contributed by atoms with Gasteiger partial charge in [-0.15, -0.1) is 0 Å². The van der Waals surface area contributed by atoms with Gasteiger partial charge in [0.25, 0.3) is 0 Å². The van der Waals surface area contributed by atoms with E-state index in [9.17, 15) is 0 Å². The van der Waals surface area contributed by atoms with Crippen LogP contribution in [0, 0.1) is 6.07 Å². The van der Waals surface area contributed by atoms with Gasteiger partial charge in [0.05, 0.1) is 0 Å². The molecule has 1 aliphatic heterocycles. The molecule has 2 heteroatoms. The zero-order valence-electron chi connectivity index (χ0n) is 5.82. The molecule has 1 heterocycles. The predicted octanol–water partition coefficient (Wildman–Crippen LogP) is 1.79. The Labute approximate surface area is 64.8 Å². The zero-order valence-corrected chi connectivity index (χ0v) is 5.82. The van der Waals surface area contributed by atoms with Crippen molar-refractivity contribution in [3.05, 3.63) is 42.3 Å². The maximum atomic E-state index is 5.26. The molecule has 0 spiro atoms. The average molecular weight is 144 g/mol. The molecule has 0 amide bonds. The van der Waals surface area contributed by atoms with E-state index in [0.29, 0.717) is 11.6 Å². The summed E-state index contributed by atoms with van der Waals surface area (Å²) in [6.45, 7) is 0. The normalized spacial score (nSPS) is 13.6. The Hall–Kier alpha value is -1.57. The number of nitrogens with zero attached hydrogens (tertiary/aromatic N) is 1. The van der Waals surface area contributed by atoms with Gasteiger partial charge in [0.2, 0.25) is 5.88 Å². The minimum atomic E-state index is 0.646. The van der Waals surface area contributed by atoms with Crippen LogP contribution in [0.5, 0.6) is 5.75 Å². The fourth-order valence-electron chi connectivity index (χ4n) is 0.749. The third-order valence-electron chi connectivity index (χ3n) is 1.31. The van der Waals surface area contributed by atoms with Crippen molar-refractivity contribution < 1.29 is 4.74 Å². The second kappa shape index (κ2) is 2.58. The maximum absolute atomic E-state index is 5.26. The molecule has 0 aromatic heterocycles. The third kappa shape index (κ3) is 1.29. The molecule has 0 saturated heterocycles. The lowest BCUT2D eigenvalue weighted by atomic mass is 10.3. The summed E-state index contributed by atoms with van der Waals surface area (Å²) in [5.41, 5.74) is 0. The SMILES string of the molecule is [c]1ccccc1OC1=CC=N1. The Balaban J connectivity index is 2.07. The molecule has 0 bridgehead atoms. The second-order valence-corrected chi connectivity index (χ2v) is 2.11. The number of hydrogen-bond acceptors (Lipinski definition) is 2. The Morgan fingerprint density at radius 1 is 1.36 bits per heavy atom.